The summed E-state index contributed by atoms with van der Waals surface area (Å²) in [6.07, 6.45) is 1.63. The number of hydrogen-bond acceptors (Lipinski definition) is 3. The van der Waals surface area contributed by atoms with Gasteiger partial charge in [-0.25, -0.2) is 9.97 Å². The fraction of sp³-hybridized carbons (Fsp3) is 0.357. The van der Waals surface area contributed by atoms with Crippen molar-refractivity contribution in [3.05, 3.63) is 42.6 Å². The van der Waals surface area contributed by atoms with E-state index in [1.165, 1.54) is 7.05 Å². The summed E-state index contributed by atoms with van der Waals surface area (Å²) in [5.74, 6) is 1.03. The Hall–Kier alpha value is -2.58. The molecule has 0 aliphatic carbocycles. The lowest BCUT2D eigenvalue weighted by Gasteiger charge is -2.13. The van der Waals surface area contributed by atoms with E-state index >= 15 is 0 Å². The Kier molecular flexibility index (Phi) is 5.56. The Morgan fingerprint density at radius 1 is 1.30 bits per heavy atom. The molecule has 0 aromatic carbocycles. The summed E-state index contributed by atoms with van der Waals surface area (Å²) in [4.78, 5) is 12.1. The van der Waals surface area contributed by atoms with E-state index < -0.39 is 12.6 Å². The van der Waals surface area contributed by atoms with Gasteiger partial charge in [0.15, 0.2) is 5.96 Å². The number of rotatable bonds is 5. The van der Waals surface area contributed by atoms with Gasteiger partial charge in [-0.05, 0) is 17.7 Å². The molecular formula is C14H17F3N6. The number of guanidine groups is 1. The molecule has 0 spiro atoms. The number of alkyl halides is 3. The fourth-order valence-corrected chi connectivity index (χ4v) is 1.84. The summed E-state index contributed by atoms with van der Waals surface area (Å²) in [6.45, 7) is 0.190. The Morgan fingerprint density at radius 3 is 2.78 bits per heavy atom. The Labute approximate surface area is 131 Å². The third-order valence-corrected chi connectivity index (χ3v) is 2.96. The van der Waals surface area contributed by atoms with Crippen molar-refractivity contribution >= 4 is 5.96 Å². The molecule has 0 aliphatic rings. The van der Waals surface area contributed by atoms with Crippen LogP contribution in [-0.2, 0) is 6.54 Å². The maximum atomic E-state index is 12.1. The first-order valence-electron chi connectivity index (χ1n) is 6.92. The second-order valence-electron chi connectivity index (χ2n) is 4.71. The molecule has 124 valence electrons. The molecule has 0 radical (unpaired) electrons. The van der Waals surface area contributed by atoms with Gasteiger partial charge in [-0.15, -0.1) is 0 Å². The summed E-state index contributed by atoms with van der Waals surface area (Å²) in [7, 11) is 1.51. The average Bonchev–Trinajstić information content (AvgIpc) is 3.04. The Morgan fingerprint density at radius 2 is 2.13 bits per heavy atom. The number of imidazole rings is 1. The SMILES string of the molecule is CN=C(NCCC(F)(F)F)NCc1ccnc(-n2ccnc2)c1. The minimum Gasteiger partial charge on any atom is -0.356 e. The van der Waals surface area contributed by atoms with Gasteiger partial charge in [0, 0.05) is 38.7 Å². The van der Waals surface area contributed by atoms with Crippen molar-refractivity contribution in [3.63, 3.8) is 0 Å². The van der Waals surface area contributed by atoms with Crippen LogP contribution in [0.15, 0.2) is 42.0 Å². The van der Waals surface area contributed by atoms with Gasteiger partial charge in [0.25, 0.3) is 0 Å². The van der Waals surface area contributed by atoms with Crippen LogP contribution in [0.1, 0.15) is 12.0 Å². The highest BCUT2D eigenvalue weighted by Gasteiger charge is 2.26. The van der Waals surface area contributed by atoms with Gasteiger partial charge in [0.1, 0.15) is 12.1 Å². The molecule has 2 aromatic heterocycles. The van der Waals surface area contributed by atoms with Crippen molar-refractivity contribution in [1.82, 2.24) is 25.2 Å². The maximum Gasteiger partial charge on any atom is 0.390 e. The molecule has 0 saturated carbocycles. The van der Waals surface area contributed by atoms with Crippen molar-refractivity contribution in [2.75, 3.05) is 13.6 Å². The zero-order chi connectivity index (χ0) is 16.7. The third-order valence-electron chi connectivity index (χ3n) is 2.96. The molecule has 23 heavy (non-hydrogen) atoms. The van der Waals surface area contributed by atoms with Crippen LogP contribution in [0.3, 0.4) is 0 Å². The minimum absolute atomic E-state index is 0.222. The van der Waals surface area contributed by atoms with Gasteiger partial charge in [-0.1, -0.05) is 0 Å². The number of hydrogen-bond donors (Lipinski definition) is 2. The van der Waals surface area contributed by atoms with Crippen LogP contribution in [0.4, 0.5) is 13.2 Å². The molecule has 0 saturated heterocycles. The molecule has 9 heteroatoms. The molecule has 0 amide bonds. The highest BCUT2D eigenvalue weighted by Crippen LogP contribution is 2.18. The largest absolute Gasteiger partial charge is 0.390 e. The Balaban J connectivity index is 1.88. The standard InChI is InChI=1S/C14H17F3N6/c1-18-13(21-5-3-14(15,16)17)22-9-11-2-4-20-12(8-11)23-7-6-19-10-23/h2,4,6-8,10H,3,5,9H2,1H3,(H2,18,21,22). The number of aromatic nitrogens is 3. The van der Waals surface area contributed by atoms with Gasteiger partial charge < -0.3 is 10.6 Å². The van der Waals surface area contributed by atoms with Gasteiger partial charge in [0.2, 0.25) is 0 Å². The van der Waals surface area contributed by atoms with E-state index in [9.17, 15) is 13.2 Å². The van der Waals surface area contributed by atoms with Gasteiger partial charge in [0.05, 0.1) is 6.42 Å². The predicted molar refractivity (Wildman–Crippen MR) is 80.2 cm³/mol. The van der Waals surface area contributed by atoms with E-state index in [0.717, 1.165) is 5.56 Å². The number of halogens is 3. The van der Waals surface area contributed by atoms with Crippen molar-refractivity contribution in [1.29, 1.82) is 0 Å². The van der Waals surface area contributed by atoms with Crippen molar-refractivity contribution < 1.29 is 13.2 Å². The number of pyridine rings is 1. The molecule has 2 aromatic rings. The molecule has 0 aliphatic heterocycles. The topological polar surface area (TPSA) is 67.1 Å². The van der Waals surface area contributed by atoms with Crippen LogP contribution >= 0.6 is 0 Å². The van der Waals surface area contributed by atoms with Crippen LogP contribution in [0, 0.1) is 0 Å². The molecule has 0 unspecified atom stereocenters. The first-order valence-corrected chi connectivity index (χ1v) is 6.92. The van der Waals surface area contributed by atoms with Crippen molar-refractivity contribution in [2.24, 2.45) is 4.99 Å². The van der Waals surface area contributed by atoms with Crippen LogP contribution in [-0.4, -0.2) is 40.3 Å². The van der Waals surface area contributed by atoms with E-state index in [-0.39, 0.29) is 6.54 Å². The summed E-state index contributed by atoms with van der Waals surface area (Å²) in [5, 5.41) is 5.59. The van der Waals surface area contributed by atoms with Crippen LogP contribution in [0.5, 0.6) is 0 Å². The molecular weight excluding hydrogens is 309 g/mol. The molecule has 0 bridgehead atoms. The lowest BCUT2D eigenvalue weighted by atomic mass is 10.2. The summed E-state index contributed by atoms with van der Waals surface area (Å²) < 4.78 is 38.1. The van der Waals surface area contributed by atoms with Crippen LogP contribution in [0.2, 0.25) is 0 Å². The number of nitrogens with one attached hydrogen (secondary N) is 2. The zero-order valence-electron chi connectivity index (χ0n) is 12.5. The van der Waals surface area contributed by atoms with E-state index in [0.29, 0.717) is 18.3 Å². The fourth-order valence-electron chi connectivity index (χ4n) is 1.84. The normalized spacial score (nSPS) is 12.3. The van der Waals surface area contributed by atoms with Crippen molar-refractivity contribution in [2.45, 2.75) is 19.1 Å². The molecule has 0 fully saturated rings. The second kappa shape index (κ2) is 7.61. The highest BCUT2D eigenvalue weighted by atomic mass is 19.4. The third kappa shape index (κ3) is 5.61. The molecule has 2 rings (SSSR count). The highest BCUT2D eigenvalue weighted by molar-refractivity contribution is 5.79. The molecule has 2 heterocycles. The van der Waals surface area contributed by atoms with Gasteiger partial charge in [-0.3, -0.25) is 9.56 Å². The number of aliphatic imine (C=N–C) groups is 1. The monoisotopic (exact) mass is 326 g/mol. The molecule has 6 nitrogen and oxygen atoms in total. The predicted octanol–water partition coefficient (Wildman–Crippen LogP) is 1.88. The average molecular weight is 326 g/mol. The van der Waals surface area contributed by atoms with Crippen molar-refractivity contribution in [3.8, 4) is 5.82 Å². The van der Waals surface area contributed by atoms with E-state index in [4.69, 9.17) is 0 Å². The van der Waals surface area contributed by atoms with Crippen LogP contribution in [0.25, 0.3) is 5.82 Å². The second-order valence-corrected chi connectivity index (χ2v) is 4.71. The molecule has 0 atom stereocenters. The lowest BCUT2D eigenvalue weighted by molar-refractivity contribution is -0.132. The van der Waals surface area contributed by atoms with Gasteiger partial charge in [-0.2, -0.15) is 13.2 Å². The summed E-state index contributed by atoms with van der Waals surface area (Å²) >= 11 is 0. The lowest BCUT2D eigenvalue weighted by Crippen LogP contribution is -2.38. The summed E-state index contributed by atoms with van der Waals surface area (Å²) in [6, 6.07) is 3.67. The Bertz CT molecular complexity index is 636. The maximum absolute atomic E-state index is 12.1. The van der Waals surface area contributed by atoms with E-state index in [1.54, 1.807) is 29.5 Å². The first-order chi connectivity index (χ1) is 11.0. The number of nitrogens with zero attached hydrogens (tertiary/aromatic N) is 4. The van der Waals surface area contributed by atoms with E-state index in [1.807, 2.05) is 12.1 Å². The van der Waals surface area contributed by atoms with Crippen LogP contribution < -0.4 is 10.6 Å². The van der Waals surface area contributed by atoms with E-state index in [2.05, 4.69) is 25.6 Å². The quantitative estimate of drug-likeness (QED) is 0.650. The summed E-state index contributed by atoms with van der Waals surface area (Å²) in [5.41, 5.74) is 0.919. The smallest absolute Gasteiger partial charge is 0.356 e. The minimum atomic E-state index is -4.18. The zero-order valence-corrected chi connectivity index (χ0v) is 12.5. The molecule has 2 N–H and O–H groups in total. The van der Waals surface area contributed by atoms with Gasteiger partial charge >= 0.3 is 6.18 Å². The first kappa shape index (κ1) is 16.8.